The molecule has 1 aliphatic heterocycles. The molecule has 1 fully saturated rings. The van der Waals surface area contributed by atoms with Crippen LogP contribution < -0.4 is 5.32 Å². The first kappa shape index (κ1) is 14.5. The molecular weight excluding hydrogens is 238 g/mol. The summed E-state index contributed by atoms with van der Waals surface area (Å²) in [4.78, 5) is 0. The van der Waals surface area contributed by atoms with Crippen LogP contribution >= 0.6 is 0 Å². The van der Waals surface area contributed by atoms with Crippen molar-refractivity contribution in [1.82, 2.24) is 5.32 Å². The molecule has 0 aromatic heterocycles. The van der Waals surface area contributed by atoms with Crippen molar-refractivity contribution in [3.8, 4) is 0 Å². The fourth-order valence-electron chi connectivity index (χ4n) is 2.39. The van der Waals surface area contributed by atoms with Crippen molar-refractivity contribution in [2.75, 3.05) is 26.4 Å². The van der Waals surface area contributed by atoms with Gasteiger partial charge in [0.15, 0.2) is 0 Å². The summed E-state index contributed by atoms with van der Waals surface area (Å²) in [5, 5.41) is 12.9. The third-order valence-electron chi connectivity index (χ3n) is 3.95. The zero-order valence-electron chi connectivity index (χ0n) is 12.0. The summed E-state index contributed by atoms with van der Waals surface area (Å²) in [6.07, 6.45) is 2.33. The van der Waals surface area contributed by atoms with E-state index in [2.05, 4.69) is 43.4 Å². The molecule has 1 aromatic rings. The second-order valence-electron chi connectivity index (χ2n) is 5.75. The van der Waals surface area contributed by atoms with E-state index in [4.69, 9.17) is 4.74 Å². The van der Waals surface area contributed by atoms with Crippen molar-refractivity contribution in [3.05, 3.63) is 35.4 Å². The van der Waals surface area contributed by atoms with Gasteiger partial charge >= 0.3 is 0 Å². The average molecular weight is 263 g/mol. The second-order valence-corrected chi connectivity index (χ2v) is 5.75. The highest BCUT2D eigenvalue weighted by Crippen LogP contribution is 2.26. The minimum absolute atomic E-state index is 0.0591. The molecule has 3 nitrogen and oxygen atoms in total. The van der Waals surface area contributed by atoms with E-state index in [1.165, 1.54) is 17.5 Å². The number of hydrogen-bond acceptors (Lipinski definition) is 3. The standard InChI is InChI=1S/C16H25NO2/c1-3-4-14-5-7-15(8-6-14)13(2)17-9-16(10-18)11-19-12-16/h5-8,13,17-18H,3-4,9-12H2,1-2H3. The zero-order valence-corrected chi connectivity index (χ0v) is 12.0. The van der Waals surface area contributed by atoms with Crippen LogP contribution in [0.1, 0.15) is 37.4 Å². The molecule has 0 amide bonds. The molecule has 0 saturated carbocycles. The fourth-order valence-corrected chi connectivity index (χ4v) is 2.39. The predicted molar refractivity (Wildman–Crippen MR) is 77.2 cm³/mol. The van der Waals surface area contributed by atoms with Gasteiger partial charge < -0.3 is 15.2 Å². The summed E-state index contributed by atoms with van der Waals surface area (Å²) in [5.41, 5.74) is 2.64. The molecule has 0 bridgehead atoms. The molecule has 19 heavy (non-hydrogen) atoms. The highest BCUT2D eigenvalue weighted by molar-refractivity contribution is 5.24. The summed E-state index contributed by atoms with van der Waals surface area (Å²) in [6.45, 7) is 6.70. The quantitative estimate of drug-likeness (QED) is 0.793. The Morgan fingerprint density at radius 3 is 2.47 bits per heavy atom. The number of aliphatic hydroxyl groups is 1. The smallest absolute Gasteiger partial charge is 0.0579 e. The second kappa shape index (κ2) is 6.51. The minimum atomic E-state index is -0.0591. The highest BCUT2D eigenvalue weighted by atomic mass is 16.5. The highest BCUT2D eigenvalue weighted by Gasteiger charge is 2.37. The van der Waals surface area contributed by atoms with Crippen LogP contribution in [-0.4, -0.2) is 31.5 Å². The van der Waals surface area contributed by atoms with Crippen LogP contribution in [0.4, 0.5) is 0 Å². The van der Waals surface area contributed by atoms with E-state index in [9.17, 15) is 5.11 Å². The molecule has 1 aliphatic rings. The van der Waals surface area contributed by atoms with Crippen molar-refractivity contribution in [2.24, 2.45) is 5.41 Å². The van der Waals surface area contributed by atoms with Gasteiger partial charge in [-0.15, -0.1) is 0 Å². The number of rotatable bonds is 7. The van der Waals surface area contributed by atoms with E-state index < -0.39 is 0 Å². The molecular formula is C16H25NO2. The average Bonchev–Trinajstić information content (AvgIpc) is 2.39. The maximum atomic E-state index is 9.40. The monoisotopic (exact) mass is 263 g/mol. The number of aliphatic hydroxyl groups excluding tert-OH is 1. The number of benzene rings is 1. The van der Waals surface area contributed by atoms with Gasteiger partial charge in [-0.1, -0.05) is 37.6 Å². The third-order valence-corrected chi connectivity index (χ3v) is 3.95. The Labute approximate surface area is 116 Å². The van der Waals surface area contributed by atoms with E-state index in [0.29, 0.717) is 19.3 Å². The Bertz CT molecular complexity index is 379. The number of hydrogen-bond donors (Lipinski definition) is 2. The topological polar surface area (TPSA) is 41.5 Å². The number of aryl methyl sites for hydroxylation is 1. The van der Waals surface area contributed by atoms with E-state index in [-0.39, 0.29) is 12.0 Å². The normalized spacial score (nSPS) is 18.9. The number of nitrogens with one attached hydrogen (secondary N) is 1. The van der Waals surface area contributed by atoms with E-state index in [1.54, 1.807) is 0 Å². The van der Waals surface area contributed by atoms with Gasteiger partial charge in [0.05, 0.1) is 25.2 Å². The lowest BCUT2D eigenvalue weighted by Gasteiger charge is -2.40. The zero-order chi connectivity index (χ0) is 13.7. The van der Waals surface area contributed by atoms with Gasteiger partial charge in [-0.3, -0.25) is 0 Å². The predicted octanol–water partition coefficient (Wildman–Crippen LogP) is 2.30. The first-order valence-electron chi connectivity index (χ1n) is 7.20. The van der Waals surface area contributed by atoms with Gasteiger partial charge in [0.1, 0.15) is 0 Å². The van der Waals surface area contributed by atoms with Crippen molar-refractivity contribution in [2.45, 2.75) is 32.7 Å². The van der Waals surface area contributed by atoms with Gasteiger partial charge in [0.25, 0.3) is 0 Å². The Hall–Kier alpha value is -0.900. The molecule has 1 saturated heterocycles. The van der Waals surface area contributed by atoms with Crippen LogP contribution in [0.25, 0.3) is 0 Å². The van der Waals surface area contributed by atoms with Crippen LogP contribution in [0.3, 0.4) is 0 Å². The van der Waals surface area contributed by atoms with Crippen LogP contribution in [0, 0.1) is 5.41 Å². The fraction of sp³-hybridized carbons (Fsp3) is 0.625. The van der Waals surface area contributed by atoms with Crippen molar-refractivity contribution >= 4 is 0 Å². The Morgan fingerprint density at radius 2 is 2.00 bits per heavy atom. The van der Waals surface area contributed by atoms with Gasteiger partial charge in [0, 0.05) is 12.6 Å². The molecule has 0 spiro atoms. The lowest BCUT2D eigenvalue weighted by molar-refractivity contribution is -0.135. The maximum Gasteiger partial charge on any atom is 0.0579 e. The molecule has 106 valence electrons. The van der Waals surface area contributed by atoms with Crippen molar-refractivity contribution in [3.63, 3.8) is 0 Å². The van der Waals surface area contributed by atoms with Gasteiger partial charge in [0.2, 0.25) is 0 Å². The lowest BCUT2D eigenvalue weighted by atomic mass is 9.86. The molecule has 2 N–H and O–H groups in total. The SMILES string of the molecule is CCCc1ccc(C(C)NCC2(CO)COC2)cc1. The van der Waals surface area contributed by atoms with Gasteiger partial charge in [-0.05, 0) is 24.5 Å². The van der Waals surface area contributed by atoms with E-state index in [1.807, 2.05) is 0 Å². The summed E-state index contributed by atoms with van der Waals surface area (Å²) in [5.74, 6) is 0. The lowest BCUT2D eigenvalue weighted by Crippen LogP contribution is -2.52. The first-order valence-corrected chi connectivity index (χ1v) is 7.20. The summed E-state index contributed by atoms with van der Waals surface area (Å²) in [6, 6.07) is 9.13. The molecule has 0 aliphatic carbocycles. The molecule has 1 aromatic carbocycles. The van der Waals surface area contributed by atoms with Gasteiger partial charge in [-0.2, -0.15) is 0 Å². The Balaban J connectivity index is 1.86. The third kappa shape index (κ3) is 3.56. The molecule has 1 unspecified atom stereocenters. The van der Waals surface area contributed by atoms with E-state index >= 15 is 0 Å². The van der Waals surface area contributed by atoms with Crippen molar-refractivity contribution in [1.29, 1.82) is 0 Å². The minimum Gasteiger partial charge on any atom is -0.396 e. The van der Waals surface area contributed by atoms with Gasteiger partial charge in [-0.25, -0.2) is 0 Å². The molecule has 1 atom stereocenters. The van der Waals surface area contributed by atoms with Crippen LogP contribution in [0.5, 0.6) is 0 Å². The van der Waals surface area contributed by atoms with Crippen LogP contribution in [-0.2, 0) is 11.2 Å². The molecule has 3 heteroatoms. The van der Waals surface area contributed by atoms with Crippen LogP contribution in [0.2, 0.25) is 0 Å². The van der Waals surface area contributed by atoms with Crippen LogP contribution in [0.15, 0.2) is 24.3 Å². The Kier molecular flexibility index (Phi) is 4.97. The molecule has 1 heterocycles. The largest absolute Gasteiger partial charge is 0.396 e. The number of ether oxygens (including phenoxy) is 1. The molecule has 0 radical (unpaired) electrons. The maximum absolute atomic E-state index is 9.40. The summed E-state index contributed by atoms with van der Waals surface area (Å²) < 4.78 is 5.21. The first-order chi connectivity index (χ1) is 9.19. The summed E-state index contributed by atoms with van der Waals surface area (Å²) in [7, 11) is 0. The summed E-state index contributed by atoms with van der Waals surface area (Å²) >= 11 is 0. The van der Waals surface area contributed by atoms with E-state index in [0.717, 1.165) is 13.0 Å². The Morgan fingerprint density at radius 1 is 1.32 bits per heavy atom. The van der Waals surface area contributed by atoms with Crippen molar-refractivity contribution < 1.29 is 9.84 Å². The molecule has 2 rings (SSSR count).